The third-order valence-corrected chi connectivity index (χ3v) is 4.67. The van der Waals surface area contributed by atoms with Gasteiger partial charge in [0.1, 0.15) is 0 Å². The van der Waals surface area contributed by atoms with Gasteiger partial charge in [0, 0.05) is 11.8 Å². The van der Waals surface area contributed by atoms with Crippen molar-refractivity contribution in [3.63, 3.8) is 0 Å². The highest BCUT2D eigenvalue weighted by Gasteiger charge is 2.13. The molecule has 1 aromatic rings. The third-order valence-electron chi connectivity index (χ3n) is 3.10. The van der Waals surface area contributed by atoms with Crippen LogP contribution in [-0.4, -0.2) is 17.5 Å². The van der Waals surface area contributed by atoms with Crippen molar-refractivity contribution in [3.8, 4) is 0 Å². The first-order valence-electron chi connectivity index (χ1n) is 7.22. The molecule has 2 heteroatoms. The second-order valence-electron chi connectivity index (χ2n) is 6.84. The fraction of sp³-hybridized carbons (Fsp3) is 0.647. The van der Waals surface area contributed by atoms with E-state index in [0.29, 0.717) is 0 Å². The van der Waals surface area contributed by atoms with E-state index in [4.69, 9.17) is 5.73 Å². The lowest BCUT2D eigenvalue weighted by molar-refractivity contribution is 0.589. The Morgan fingerprint density at radius 1 is 1.05 bits per heavy atom. The summed E-state index contributed by atoms with van der Waals surface area (Å²) in [7, 11) is 0. The van der Waals surface area contributed by atoms with E-state index in [2.05, 4.69) is 58.9 Å². The molecule has 0 aliphatic heterocycles. The fourth-order valence-corrected chi connectivity index (χ4v) is 2.99. The largest absolute Gasteiger partial charge is 0.327 e. The van der Waals surface area contributed by atoms with Gasteiger partial charge in [-0.1, -0.05) is 58.9 Å². The minimum atomic E-state index is 0.230. The van der Waals surface area contributed by atoms with Crippen LogP contribution in [-0.2, 0) is 11.8 Å². The third kappa shape index (κ3) is 6.49. The summed E-state index contributed by atoms with van der Waals surface area (Å²) >= 11 is 1.97. The highest BCUT2D eigenvalue weighted by Crippen LogP contribution is 2.22. The van der Waals surface area contributed by atoms with E-state index in [-0.39, 0.29) is 11.5 Å². The molecular formula is C17H29NS. The predicted octanol–water partition coefficient (Wildman–Crippen LogP) is 4.24. The number of nitrogens with two attached hydrogens (primary N) is 1. The molecule has 1 rings (SSSR count). The fourth-order valence-electron chi connectivity index (χ4n) is 1.96. The normalized spacial score (nSPS) is 13.8. The maximum Gasteiger partial charge on any atom is 0.0171 e. The zero-order chi connectivity index (χ0) is 14.5. The lowest BCUT2D eigenvalue weighted by atomic mass is 9.86. The zero-order valence-corrected chi connectivity index (χ0v) is 13.9. The minimum absolute atomic E-state index is 0.230. The van der Waals surface area contributed by atoms with Crippen LogP contribution in [0.3, 0.4) is 0 Å². The Bertz CT molecular complexity index is 362. The van der Waals surface area contributed by atoms with Crippen LogP contribution in [0.5, 0.6) is 0 Å². The molecule has 2 N–H and O–H groups in total. The van der Waals surface area contributed by atoms with Crippen molar-refractivity contribution >= 4 is 11.8 Å². The molecule has 0 spiro atoms. The zero-order valence-electron chi connectivity index (χ0n) is 13.1. The van der Waals surface area contributed by atoms with E-state index in [1.165, 1.54) is 16.9 Å². The van der Waals surface area contributed by atoms with Gasteiger partial charge in [-0.2, -0.15) is 11.8 Å². The van der Waals surface area contributed by atoms with Crippen molar-refractivity contribution in [2.45, 2.75) is 52.5 Å². The highest BCUT2D eigenvalue weighted by molar-refractivity contribution is 7.99. The molecule has 0 amide bonds. The first-order chi connectivity index (χ1) is 8.79. The molecule has 1 aromatic carbocycles. The molecule has 19 heavy (non-hydrogen) atoms. The van der Waals surface area contributed by atoms with Crippen molar-refractivity contribution in [1.82, 2.24) is 0 Å². The molecule has 0 bridgehead atoms. The maximum absolute atomic E-state index is 6.19. The maximum atomic E-state index is 6.19. The van der Waals surface area contributed by atoms with E-state index < -0.39 is 0 Å². The van der Waals surface area contributed by atoms with Gasteiger partial charge in [-0.25, -0.2) is 0 Å². The molecule has 1 atom stereocenters. The number of rotatable bonds is 6. The van der Waals surface area contributed by atoms with E-state index in [9.17, 15) is 0 Å². The van der Waals surface area contributed by atoms with Crippen LogP contribution in [0.25, 0.3) is 0 Å². The second kappa shape index (κ2) is 7.35. The van der Waals surface area contributed by atoms with E-state index in [1.807, 2.05) is 11.8 Å². The average molecular weight is 279 g/mol. The van der Waals surface area contributed by atoms with E-state index in [0.717, 1.165) is 18.1 Å². The average Bonchev–Trinajstić information content (AvgIpc) is 2.27. The van der Waals surface area contributed by atoms with Gasteiger partial charge in [-0.05, 0) is 34.6 Å². The predicted molar refractivity (Wildman–Crippen MR) is 89.0 cm³/mol. The minimum Gasteiger partial charge on any atom is -0.327 e. The monoisotopic (exact) mass is 279 g/mol. The van der Waals surface area contributed by atoms with Crippen molar-refractivity contribution in [2.24, 2.45) is 11.7 Å². The van der Waals surface area contributed by atoms with Gasteiger partial charge in [-0.15, -0.1) is 0 Å². The smallest absolute Gasteiger partial charge is 0.0171 e. The Labute approximate surface area is 123 Å². The second-order valence-corrected chi connectivity index (χ2v) is 7.92. The number of hydrogen-bond acceptors (Lipinski definition) is 2. The molecule has 1 unspecified atom stereocenters. The van der Waals surface area contributed by atoms with Crippen molar-refractivity contribution in [2.75, 3.05) is 11.5 Å². The topological polar surface area (TPSA) is 26.0 Å². The van der Waals surface area contributed by atoms with Crippen LogP contribution in [0.2, 0.25) is 0 Å². The van der Waals surface area contributed by atoms with Crippen LogP contribution in [0.15, 0.2) is 24.3 Å². The highest BCUT2D eigenvalue weighted by atomic mass is 32.2. The summed E-state index contributed by atoms with van der Waals surface area (Å²) in [5, 5.41) is 0. The number of benzene rings is 1. The Kier molecular flexibility index (Phi) is 6.41. The van der Waals surface area contributed by atoms with E-state index >= 15 is 0 Å². The van der Waals surface area contributed by atoms with Crippen LogP contribution in [0.4, 0.5) is 0 Å². The summed E-state index contributed by atoms with van der Waals surface area (Å²) in [5.74, 6) is 3.01. The molecule has 0 aliphatic rings. The number of hydrogen-bond donors (Lipinski definition) is 1. The molecule has 0 aliphatic carbocycles. The summed E-state index contributed by atoms with van der Waals surface area (Å²) in [6.07, 6.45) is 0.982. The molecule has 0 saturated heterocycles. The molecule has 0 radical (unpaired) electrons. The molecule has 0 heterocycles. The molecule has 0 saturated carbocycles. The Hall–Kier alpha value is -0.470. The van der Waals surface area contributed by atoms with Gasteiger partial charge in [0.2, 0.25) is 0 Å². The Balaban J connectivity index is 2.44. The number of thioether (sulfide) groups is 1. The first-order valence-corrected chi connectivity index (χ1v) is 8.37. The molecule has 1 nitrogen and oxygen atoms in total. The van der Waals surface area contributed by atoms with Crippen LogP contribution >= 0.6 is 11.8 Å². The quantitative estimate of drug-likeness (QED) is 0.842. The summed E-state index contributed by atoms with van der Waals surface area (Å²) in [5.41, 5.74) is 9.17. The summed E-state index contributed by atoms with van der Waals surface area (Å²) in [6, 6.07) is 9.21. The molecule has 0 aromatic heterocycles. The van der Waals surface area contributed by atoms with Crippen LogP contribution < -0.4 is 5.73 Å². The van der Waals surface area contributed by atoms with Gasteiger partial charge < -0.3 is 5.73 Å². The molecule has 108 valence electrons. The standard InChI is InChI=1S/C17H29NS/c1-13(2)11-19-12-16(18)10-14-6-8-15(9-7-14)17(3,4)5/h6-9,13,16H,10-12,18H2,1-5H3. The molecule has 0 fully saturated rings. The Morgan fingerprint density at radius 3 is 2.11 bits per heavy atom. The van der Waals surface area contributed by atoms with Gasteiger partial charge in [-0.3, -0.25) is 0 Å². The van der Waals surface area contributed by atoms with E-state index in [1.54, 1.807) is 0 Å². The van der Waals surface area contributed by atoms with Crippen LogP contribution in [0.1, 0.15) is 45.7 Å². The SMILES string of the molecule is CC(C)CSCC(N)Cc1ccc(C(C)(C)C)cc1. The van der Waals surface area contributed by atoms with Crippen molar-refractivity contribution in [3.05, 3.63) is 35.4 Å². The van der Waals surface area contributed by atoms with Gasteiger partial charge in [0.15, 0.2) is 0 Å². The lowest BCUT2D eigenvalue weighted by Crippen LogP contribution is -2.26. The van der Waals surface area contributed by atoms with Gasteiger partial charge >= 0.3 is 0 Å². The summed E-state index contributed by atoms with van der Waals surface area (Å²) in [4.78, 5) is 0. The van der Waals surface area contributed by atoms with Crippen molar-refractivity contribution < 1.29 is 0 Å². The lowest BCUT2D eigenvalue weighted by Gasteiger charge is -2.19. The molecular weight excluding hydrogens is 250 g/mol. The van der Waals surface area contributed by atoms with Gasteiger partial charge in [0.25, 0.3) is 0 Å². The summed E-state index contributed by atoms with van der Waals surface area (Å²) in [6.45, 7) is 11.2. The van der Waals surface area contributed by atoms with Crippen LogP contribution in [0, 0.1) is 5.92 Å². The van der Waals surface area contributed by atoms with Crippen molar-refractivity contribution in [1.29, 1.82) is 0 Å². The first kappa shape index (κ1) is 16.6. The van der Waals surface area contributed by atoms with Gasteiger partial charge in [0.05, 0.1) is 0 Å². The Morgan fingerprint density at radius 2 is 1.63 bits per heavy atom. The summed E-state index contributed by atoms with van der Waals surface area (Å²) < 4.78 is 0.